The number of benzene rings is 1. The van der Waals surface area contributed by atoms with Crippen LogP contribution in [-0.2, 0) is 22.6 Å². The second-order valence-electron chi connectivity index (χ2n) is 9.14. The number of fused-ring (bicyclic) bond motifs is 2. The molecule has 2 atom stereocenters. The number of carbonyl (C=O) groups excluding carboxylic acids is 3. The maximum Gasteiger partial charge on any atom is 0.328 e. The molecule has 3 aliphatic rings. The minimum absolute atomic E-state index is 0.0305. The number of hydrogen-bond donors (Lipinski definition) is 3. The molecule has 1 aromatic carbocycles. The summed E-state index contributed by atoms with van der Waals surface area (Å²) in [6, 6.07) is 3.52. The van der Waals surface area contributed by atoms with Crippen molar-refractivity contribution >= 4 is 63.9 Å². The van der Waals surface area contributed by atoms with E-state index < -0.39 is 23.8 Å². The van der Waals surface area contributed by atoms with E-state index in [4.69, 9.17) is 23.2 Å². The molecule has 0 aliphatic carbocycles. The summed E-state index contributed by atoms with van der Waals surface area (Å²) in [6.45, 7) is 0.288. The van der Waals surface area contributed by atoms with Gasteiger partial charge in [-0.3, -0.25) is 19.4 Å². The van der Waals surface area contributed by atoms with E-state index in [1.165, 1.54) is 11.3 Å². The summed E-state index contributed by atoms with van der Waals surface area (Å²) >= 11 is 14.3. The van der Waals surface area contributed by atoms with E-state index in [2.05, 4.69) is 15.7 Å². The summed E-state index contributed by atoms with van der Waals surface area (Å²) in [6.07, 6.45) is 8.52. The highest BCUT2D eigenvalue weighted by Crippen LogP contribution is 2.35. The van der Waals surface area contributed by atoms with Gasteiger partial charge in [0.1, 0.15) is 11.8 Å². The minimum atomic E-state index is -1.41. The zero-order valence-corrected chi connectivity index (χ0v) is 22.7. The third kappa shape index (κ3) is 5.56. The Balaban J connectivity index is 1.27. The van der Waals surface area contributed by atoms with Crippen molar-refractivity contribution in [2.24, 2.45) is 5.10 Å². The molecular weight excluding hydrogens is 565 g/mol. The van der Waals surface area contributed by atoms with Crippen molar-refractivity contribution in [3.8, 4) is 0 Å². The first-order valence-electron chi connectivity index (χ1n) is 12.1. The van der Waals surface area contributed by atoms with Gasteiger partial charge in [-0.25, -0.2) is 4.79 Å². The fraction of sp³-hybridized carbons (Fsp3) is 0.269. The Labute approximate surface area is 237 Å². The number of carboxylic acid groups (broad SMARTS) is 1. The van der Waals surface area contributed by atoms with Crippen LogP contribution in [0.2, 0.25) is 10.0 Å². The monoisotopic (exact) mass is 587 g/mol. The molecule has 0 saturated heterocycles. The highest BCUT2D eigenvalue weighted by atomic mass is 35.5. The number of carboxylic acids is 1. The Morgan fingerprint density at radius 1 is 1.21 bits per heavy atom. The Hall–Kier alpha value is -3.67. The molecule has 0 saturated carbocycles. The smallest absolute Gasteiger partial charge is 0.328 e. The summed E-state index contributed by atoms with van der Waals surface area (Å²) in [4.78, 5) is 52.3. The van der Waals surface area contributed by atoms with E-state index in [-0.39, 0.29) is 40.6 Å². The second kappa shape index (κ2) is 11.2. The second-order valence-corrected chi connectivity index (χ2v) is 10.9. The number of hydrogen-bond acceptors (Lipinski definition) is 7. The van der Waals surface area contributed by atoms with Crippen LogP contribution in [0, 0.1) is 0 Å². The lowest BCUT2D eigenvalue weighted by Gasteiger charge is -2.30. The predicted molar refractivity (Wildman–Crippen MR) is 147 cm³/mol. The highest BCUT2D eigenvalue weighted by Gasteiger charge is 2.34. The van der Waals surface area contributed by atoms with Gasteiger partial charge in [-0.1, -0.05) is 41.4 Å². The van der Waals surface area contributed by atoms with Crippen LogP contribution in [0.1, 0.15) is 37.6 Å². The van der Waals surface area contributed by atoms with Gasteiger partial charge >= 0.3 is 5.97 Å². The number of rotatable bonds is 7. The lowest BCUT2D eigenvalue weighted by molar-refractivity contribution is -0.139. The molecule has 4 heterocycles. The van der Waals surface area contributed by atoms with Crippen LogP contribution < -0.4 is 10.6 Å². The third-order valence-corrected chi connectivity index (χ3v) is 8.23. The lowest BCUT2D eigenvalue weighted by atomic mass is 9.95. The van der Waals surface area contributed by atoms with Gasteiger partial charge in [0.15, 0.2) is 0 Å². The molecule has 10 nitrogen and oxygen atoms in total. The highest BCUT2D eigenvalue weighted by molar-refractivity contribution is 7.12. The van der Waals surface area contributed by atoms with Gasteiger partial charge in [-0.05, 0) is 41.1 Å². The van der Waals surface area contributed by atoms with Crippen molar-refractivity contribution in [3.05, 3.63) is 79.6 Å². The molecule has 5 rings (SSSR count). The molecule has 3 aliphatic heterocycles. The molecule has 3 N–H and O–H groups in total. The minimum Gasteiger partial charge on any atom is -0.480 e. The predicted octanol–water partition coefficient (Wildman–Crippen LogP) is 3.07. The summed E-state index contributed by atoms with van der Waals surface area (Å²) < 4.78 is 0. The molecule has 0 bridgehead atoms. The zero-order valence-electron chi connectivity index (χ0n) is 20.4. The number of thiophene rings is 1. The van der Waals surface area contributed by atoms with Gasteiger partial charge in [-0.2, -0.15) is 5.10 Å². The van der Waals surface area contributed by atoms with Crippen molar-refractivity contribution in [3.63, 3.8) is 0 Å². The number of aliphatic carboxylic acids is 1. The quantitative estimate of drug-likeness (QED) is 0.456. The lowest BCUT2D eigenvalue weighted by Crippen LogP contribution is -2.48. The first kappa shape index (κ1) is 26.9. The number of carbonyl (C=O) groups is 4. The Bertz CT molecular complexity index is 1440. The molecule has 0 radical (unpaired) electrons. The van der Waals surface area contributed by atoms with Crippen LogP contribution in [-0.4, -0.2) is 69.6 Å². The number of hydrazone groups is 1. The fourth-order valence-corrected chi connectivity index (χ4v) is 6.05. The van der Waals surface area contributed by atoms with Crippen molar-refractivity contribution in [2.75, 3.05) is 13.1 Å². The first-order valence-corrected chi connectivity index (χ1v) is 13.7. The molecule has 202 valence electrons. The van der Waals surface area contributed by atoms with Gasteiger partial charge < -0.3 is 20.6 Å². The average molecular weight is 588 g/mol. The van der Waals surface area contributed by atoms with Gasteiger partial charge in [-0.15, -0.1) is 11.3 Å². The van der Waals surface area contributed by atoms with E-state index in [1.54, 1.807) is 33.5 Å². The summed E-state index contributed by atoms with van der Waals surface area (Å²) in [5.41, 5.74) is 1.79. The number of allylic oxidation sites excluding steroid dienone is 2. The van der Waals surface area contributed by atoms with Gasteiger partial charge in [0.05, 0.1) is 26.5 Å². The molecule has 3 amide bonds. The summed E-state index contributed by atoms with van der Waals surface area (Å²) in [5, 5.41) is 22.6. The average Bonchev–Trinajstić information content (AvgIpc) is 3.60. The van der Waals surface area contributed by atoms with Crippen molar-refractivity contribution in [1.82, 2.24) is 20.5 Å². The number of amides is 3. The van der Waals surface area contributed by atoms with E-state index in [0.717, 1.165) is 0 Å². The molecule has 13 heteroatoms. The third-order valence-electron chi connectivity index (χ3n) is 6.64. The fourth-order valence-electron chi connectivity index (χ4n) is 4.64. The van der Waals surface area contributed by atoms with Crippen molar-refractivity contribution < 1.29 is 24.3 Å². The van der Waals surface area contributed by atoms with Crippen LogP contribution in [0.5, 0.6) is 0 Å². The van der Waals surface area contributed by atoms with E-state index in [9.17, 15) is 24.3 Å². The van der Waals surface area contributed by atoms with Crippen LogP contribution in [0.3, 0.4) is 0 Å². The van der Waals surface area contributed by atoms with Crippen LogP contribution in [0.15, 0.2) is 53.1 Å². The standard InChI is InChI=1S/C26H23Cl2N5O5S/c27-17-10-14-13-32(25(36)18-11-15-4-1-2-7-33(15)31-18)8-6-16(14)22(28)21(17)24(35)30-19(26(37)38)12-29-23(34)20-5-3-9-39-20/h1-5,7,9-10,15,19H,6,8,11-13H2,(H,29,34)(H,30,35)(H,37,38)/t15?,19-/m0/s1. The van der Waals surface area contributed by atoms with Gasteiger partial charge in [0.25, 0.3) is 17.7 Å². The van der Waals surface area contributed by atoms with E-state index in [0.29, 0.717) is 41.1 Å². The summed E-state index contributed by atoms with van der Waals surface area (Å²) in [5.74, 6) is -2.71. The maximum absolute atomic E-state index is 13.2. The maximum atomic E-state index is 13.2. The normalized spacial score (nSPS) is 18.2. The largest absolute Gasteiger partial charge is 0.480 e. The zero-order chi connectivity index (χ0) is 27.7. The molecule has 1 unspecified atom stereocenters. The number of nitrogens with one attached hydrogen (secondary N) is 2. The summed E-state index contributed by atoms with van der Waals surface area (Å²) in [7, 11) is 0. The van der Waals surface area contributed by atoms with E-state index >= 15 is 0 Å². The van der Waals surface area contributed by atoms with Crippen molar-refractivity contribution in [2.45, 2.75) is 31.5 Å². The van der Waals surface area contributed by atoms with Crippen LogP contribution in [0.4, 0.5) is 0 Å². The Morgan fingerprint density at radius 2 is 2.03 bits per heavy atom. The molecule has 1 aromatic heterocycles. The molecule has 2 aromatic rings. The number of halogens is 2. The SMILES string of the molecule is O=C(NC[C@H](NC(=O)c1c(Cl)cc2c(c1Cl)CCN(C(=O)C1=NN3C=CC=CC3C1)C2)C(=O)O)c1cccs1. The van der Waals surface area contributed by atoms with Gasteiger partial charge in [0, 0.05) is 32.3 Å². The molecule has 0 spiro atoms. The Kier molecular flexibility index (Phi) is 7.74. The van der Waals surface area contributed by atoms with Gasteiger partial charge in [0.2, 0.25) is 0 Å². The number of nitrogens with zero attached hydrogens (tertiary/aromatic N) is 3. The molecule has 0 fully saturated rings. The van der Waals surface area contributed by atoms with Crippen LogP contribution >= 0.6 is 34.5 Å². The van der Waals surface area contributed by atoms with E-state index in [1.807, 2.05) is 24.4 Å². The first-order chi connectivity index (χ1) is 18.7. The van der Waals surface area contributed by atoms with Crippen LogP contribution in [0.25, 0.3) is 0 Å². The molecular formula is C26H23Cl2N5O5S. The topological polar surface area (TPSA) is 131 Å². The van der Waals surface area contributed by atoms with Crippen molar-refractivity contribution in [1.29, 1.82) is 0 Å². The Morgan fingerprint density at radius 3 is 2.74 bits per heavy atom. The molecule has 39 heavy (non-hydrogen) atoms.